The molecule has 1 amide bonds. The Morgan fingerprint density at radius 3 is 2.77 bits per heavy atom. The van der Waals surface area contributed by atoms with E-state index in [9.17, 15) is 14.0 Å². The minimum Gasteiger partial charge on any atom is -0.465 e. The van der Waals surface area contributed by atoms with Gasteiger partial charge >= 0.3 is 5.97 Å². The maximum atomic E-state index is 13.3. The minimum atomic E-state index is -0.597. The number of methoxy groups -OCH3 is 1. The Hall–Kier alpha value is -2.69. The minimum absolute atomic E-state index is 0.191. The number of hydrogen-bond acceptors (Lipinski definition) is 3. The molecule has 1 aromatic rings. The fraction of sp³-hybridized carbons (Fsp3) is 0.176. The van der Waals surface area contributed by atoms with Crippen LogP contribution in [0.25, 0.3) is 6.08 Å². The van der Waals surface area contributed by atoms with E-state index >= 15 is 0 Å². The number of hydrogen-bond donors (Lipinski definition) is 0. The third-order valence-electron chi connectivity index (χ3n) is 3.37. The van der Waals surface area contributed by atoms with Gasteiger partial charge in [0.05, 0.1) is 18.3 Å². The topological polar surface area (TPSA) is 46.6 Å². The van der Waals surface area contributed by atoms with Crippen LogP contribution in [0.5, 0.6) is 0 Å². The summed E-state index contributed by atoms with van der Waals surface area (Å²) in [6.07, 6.45) is 3.06. The van der Waals surface area contributed by atoms with E-state index in [1.165, 1.54) is 36.3 Å². The Balaban J connectivity index is 2.54. The van der Waals surface area contributed by atoms with Crippen molar-refractivity contribution in [3.63, 3.8) is 0 Å². The third-order valence-corrected chi connectivity index (χ3v) is 3.37. The standard InChI is InChI=1S/C17H16FNO3/c1-4-8-19-11(2)15(17(21)22-3)14(16(19)20)10-12-6-5-7-13(18)9-12/h4-7,9-10H,1,8H2,2-3H3/b14-10-. The third kappa shape index (κ3) is 2.83. The highest BCUT2D eigenvalue weighted by atomic mass is 19.1. The Bertz CT molecular complexity index is 704. The number of rotatable bonds is 4. The van der Waals surface area contributed by atoms with E-state index < -0.39 is 11.8 Å². The van der Waals surface area contributed by atoms with Crippen LogP contribution in [0.4, 0.5) is 4.39 Å². The maximum Gasteiger partial charge on any atom is 0.340 e. The zero-order valence-electron chi connectivity index (χ0n) is 12.4. The predicted molar refractivity (Wildman–Crippen MR) is 81.0 cm³/mol. The van der Waals surface area contributed by atoms with Gasteiger partial charge in [0.15, 0.2) is 0 Å². The van der Waals surface area contributed by atoms with Gasteiger partial charge in [-0.2, -0.15) is 0 Å². The highest BCUT2D eigenvalue weighted by Crippen LogP contribution is 2.31. The zero-order valence-corrected chi connectivity index (χ0v) is 12.4. The molecule has 0 radical (unpaired) electrons. The molecule has 114 valence electrons. The van der Waals surface area contributed by atoms with Crippen LogP contribution in [0.2, 0.25) is 0 Å². The molecule has 0 aromatic heterocycles. The van der Waals surface area contributed by atoms with Crippen LogP contribution in [0.3, 0.4) is 0 Å². The van der Waals surface area contributed by atoms with Crippen LogP contribution in [0, 0.1) is 5.82 Å². The highest BCUT2D eigenvalue weighted by molar-refractivity contribution is 6.16. The number of ether oxygens (including phenoxy) is 1. The number of amides is 1. The maximum absolute atomic E-state index is 13.3. The lowest BCUT2D eigenvalue weighted by Gasteiger charge is -2.14. The molecule has 5 heteroatoms. The van der Waals surface area contributed by atoms with E-state index in [1.807, 2.05) is 0 Å². The van der Waals surface area contributed by atoms with Gasteiger partial charge in [-0.05, 0) is 30.7 Å². The average Bonchev–Trinajstić information content (AvgIpc) is 2.72. The van der Waals surface area contributed by atoms with Crippen LogP contribution < -0.4 is 0 Å². The summed E-state index contributed by atoms with van der Waals surface area (Å²) in [5.74, 6) is -1.34. The van der Waals surface area contributed by atoms with Gasteiger partial charge in [0.2, 0.25) is 0 Å². The Labute approximate surface area is 128 Å². The monoisotopic (exact) mass is 301 g/mol. The van der Waals surface area contributed by atoms with E-state index in [1.54, 1.807) is 19.1 Å². The first kappa shape index (κ1) is 15.7. The predicted octanol–water partition coefficient (Wildman–Crippen LogP) is 2.68. The number of allylic oxidation sites excluding steroid dienone is 1. The highest BCUT2D eigenvalue weighted by Gasteiger charge is 2.36. The van der Waals surface area contributed by atoms with Crippen LogP contribution in [0.1, 0.15) is 12.5 Å². The summed E-state index contributed by atoms with van der Waals surface area (Å²) in [5.41, 5.74) is 1.38. The van der Waals surface area contributed by atoms with Crippen molar-refractivity contribution in [3.8, 4) is 0 Å². The zero-order chi connectivity index (χ0) is 16.3. The van der Waals surface area contributed by atoms with Crippen molar-refractivity contribution in [2.24, 2.45) is 0 Å². The van der Waals surface area contributed by atoms with Crippen molar-refractivity contribution >= 4 is 18.0 Å². The SMILES string of the molecule is C=CCN1C(=O)/C(=C\c2cccc(F)c2)C(C(=O)OC)=C1C. The van der Waals surface area contributed by atoms with Crippen LogP contribution in [0.15, 0.2) is 53.8 Å². The number of benzene rings is 1. The van der Waals surface area contributed by atoms with E-state index in [0.29, 0.717) is 11.3 Å². The number of carbonyl (C=O) groups excluding carboxylic acids is 2. The van der Waals surface area contributed by atoms with Crippen molar-refractivity contribution in [1.82, 2.24) is 4.90 Å². The van der Waals surface area contributed by atoms with Gasteiger partial charge in [0, 0.05) is 12.2 Å². The molecular weight excluding hydrogens is 285 g/mol. The smallest absolute Gasteiger partial charge is 0.340 e. The van der Waals surface area contributed by atoms with Gasteiger partial charge in [-0.25, -0.2) is 9.18 Å². The second kappa shape index (κ2) is 6.39. The molecule has 0 saturated heterocycles. The lowest BCUT2D eigenvalue weighted by molar-refractivity contribution is -0.136. The summed E-state index contributed by atoms with van der Waals surface area (Å²) in [4.78, 5) is 25.9. The molecule has 22 heavy (non-hydrogen) atoms. The van der Waals surface area contributed by atoms with Crippen molar-refractivity contribution < 1.29 is 18.7 Å². The molecule has 0 unspecified atom stereocenters. The molecule has 1 aromatic carbocycles. The van der Waals surface area contributed by atoms with E-state index in [4.69, 9.17) is 4.74 Å². The summed E-state index contributed by atoms with van der Waals surface area (Å²) in [6, 6.07) is 5.80. The van der Waals surface area contributed by atoms with Gasteiger partial charge < -0.3 is 9.64 Å². The Morgan fingerprint density at radius 2 is 2.18 bits per heavy atom. The number of carbonyl (C=O) groups is 2. The lowest BCUT2D eigenvalue weighted by atomic mass is 10.0. The second-order valence-electron chi connectivity index (χ2n) is 4.77. The van der Waals surface area contributed by atoms with Crippen molar-refractivity contribution in [2.75, 3.05) is 13.7 Å². The fourth-order valence-electron chi connectivity index (χ4n) is 2.34. The summed E-state index contributed by atoms with van der Waals surface area (Å²) in [7, 11) is 1.25. The van der Waals surface area contributed by atoms with Crippen molar-refractivity contribution in [1.29, 1.82) is 0 Å². The number of esters is 1. The molecular formula is C17H16FNO3. The molecule has 1 aliphatic heterocycles. The fourth-order valence-corrected chi connectivity index (χ4v) is 2.34. The molecule has 0 spiro atoms. The molecule has 0 fully saturated rings. The lowest BCUT2D eigenvalue weighted by Crippen LogP contribution is -2.24. The Morgan fingerprint density at radius 1 is 1.45 bits per heavy atom. The molecule has 0 bridgehead atoms. The van der Waals surface area contributed by atoms with Gasteiger partial charge in [-0.15, -0.1) is 6.58 Å². The Kier molecular flexibility index (Phi) is 4.56. The largest absolute Gasteiger partial charge is 0.465 e. The first-order valence-corrected chi connectivity index (χ1v) is 6.69. The van der Waals surface area contributed by atoms with Crippen LogP contribution >= 0.6 is 0 Å². The summed E-state index contributed by atoms with van der Waals surface area (Å²) >= 11 is 0. The van der Waals surface area contributed by atoms with Crippen LogP contribution in [-0.4, -0.2) is 30.4 Å². The number of nitrogens with zero attached hydrogens (tertiary/aromatic N) is 1. The van der Waals surface area contributed by atoms with Crippen molar-refractivity contribution in [3.05, 3.63) is 65.1 Å². The van der Waals surface area contributed by atoms with Gasteiger partial charge in [0.25, 0.3) is 5.91 Å². The average molecular weight is 301 g/mol. The molecule has 0 aliphatic carbocycles. The first-order valence-electron chi connectivity index (χ1n) is 6.69. The van der Waals surface area contributed by atoms with Crippen molar-refractivity contribution in [2.45, 2.75) is 6.92 Å². The molecule has 0 saturated carbocycles. The van der Waals surface area contributed by atoms with E-state index in [-0.39, 0.29) is 23.6 Å². The number of halogens is 1. The second-order valence-corrected chi connectivity index (χ2v) is 4.77. The quantitative estimate of drug-likeness (QED) is 0.488. The normalized spacial score (nSPS) is 16.4. The first-order chi connectivity index (χ1) is 10.5. The summed E-state index contributed by atoms with van der Waals surface area (Å²) in [6.45, 7) is 5.55. The summed E-state index contributed by atoms with van der Waals surface area (Å²) < 4.78 is 18.0. The molecule has 2 rings (SSSR count). The molecule has 1 heterocycles. The molecule has 4 nitrogen and oxygen atoms in total. The van der Waals surface area contributed by atoms with E-state index in [0.717, 1.165) is 0 Å². The van der Waals surface area contributed by atoms with Gasteiger partial charge in [0.1, 0.15) is 5.82 Å². The molecule has 0 N–H and O–H groups in total. The molecule has 1 aliphatic rings. The van der Waals surface area contributed by atoms with Crippen LogP contribution in [-0.2, 0) is 14.3 Å². The van der Waals surface area contributed by atoms with Gasteiger partial charge in [-0.3, -0.25) is 4.79 Å². The molecule has 0 atom stereocenters. The summed E-state index contributed by atoms with van der Waals surface area (Å²) in [5, 5.41) is 0. The van der Waals surface area contributed by atoms with Gasteiger partial charge in [-0.1, -0.05) is 18.2 Å². The van der Waals surface area contributed by atoms with E-state index in [2.05, 4.69) is 6.58 Å².